The van der Waals surface area contributed by atoms with Crippen LogP contribution in [0, 0.1) is 0 Å². The van der Waals surface area contributed by atoms with Gasteiger partial charge >= 0.3 is 6.03 Å². The molecule has 4 aromatic rings. The normalized spacial score (nSPS) is 10.7. The van der Waals surface area contributed by atoms with E-state index in [0.29, 0.717) is 47.2 Å². The molecular weight excluding hydrogens is 470 g/mol. The zero-order valence-electron chi connectivity index (χ0n) is 21.7. The van der Waals surface area contributed by atoms with Gasteiger partial charge in [0.15, 0.2) is 11.4 Å². The number of para-hydroxylation sites is 2. The Balaban J connectivity index is 1.57. The van der Waals surface area contributed by atoms with Gasteiger partial charge in [0.2, 0.25) is 0 Å². The zero-order chi connectivity index (χ0) is 26.5. The molecule has 0 spiro atoms. The lowest BCUT2D eigenvalue weighted by molar-refractivity contribution is 0.0827. The number of carbonyl (C=O) groups excluding carboxylic acids is 2. The van der Waals surface area contributed by atoms with Gasteiger partial charge in [0.05, 0.1) is 18.5 Å². The van der Waals surface area contributed by atoms with Gasteiger partial charge in [0, 0.05) is 32.9 Å². The number of hydrogen-bond acceptors (Lipinski definition) is 5. The fourth-order valence-electron chi connectivity index (χ4n) is 3.99. The van der Waals surface area contributed by atoms with Crippen LogP contribution in [0.25, 0.3) is 5.65 Å². The van der Waals surface area contributed by atoms with Crippen molar-refractivity contribution in [1.82, 2.24) is 14.3 Å². The van der Waals surface area contributed by atoms with E-state index in [2.05, 4.69) is 5.32 Å². The number of pyridine rings is 1. The SMILES string of the molecule is CCc1nc2c(OCc3ccc(C(=O)N(C)C)cc3)cccn2c1N(C)C(=O)Nc1ccccc1OC. The summed E-state index contributed by atoms with van der Waals surface area (Å²) >= 11 is 0. The standard InChI is InChI=1S/C28H31N5O4/c1-6-21-26(32(4)28(35)30-22-10-7-8-11-23(22)36-5)33-17-9-12-24(25(33)29-21)37-18-19-13-15-20(16-14-19)27(34)31(2)3/h7-17H,6,18H2,1-5H3,(H,30,35). The molecule has 0 saturated heterocycles. The number of fused-ring (bicyclic) bond motifs is 1. The lowest BCUT2D eigenvalue weighted by atomic mass is 10.1. The van der Waals surface area contributed by atoms with Crippen molar-refractivity contribution < 1.29 is 19.1 Å². The number of amides is 3. The summed E-state index contributed by atoms with van der Waals surface area (Å²) in [6.45, 7) is 2.30. The molecule has 0 aliphatic rings. The summed E-state index contributed by atoms with van der Waals surface area (Å²) in [4.78, 5) is 33.2. The smallest absolute Gasteiger partial charge is 0.327 e. The summed E-state index contributed by atoms with van der Waals surface area (Å²) in [5, 5.41) is 2.91. The maximum atomic E-state index is 13.2. The number of carbonyl (C=O) groups is 2. The third-order valence-corrected chi connectivity index (χ3v) is 5.97. The van der Waals surface area contributed by atoms with Crippen molar-refractivity contribution in [1.29, 1.82) is 0 Å². The van der Waals surface area contributed by atoms with E-state index in [1.807, 2.05) is 53.9 Å². The molecule has 0 saturated carbocycles. The van der Waals surface area contributed by atoms with Crippen LogP contribution in [0.2, 0.25) is 0 Å². The van der Waals surface area contributed by atoms with Gasteiger partial charge in [-0.05, 0) is 48.4 Å². The Kier molecular flexibility index (Phi) is 7.62. The minimum Gasteiger partial charge on any atom is -0.495 e. The lowest BCUT2D eigenvalue weighted by Crippen LogP contribution is -2.32. The highest BCUT2D eigenvalue weighted by atomic mass is 16.5. The van der Waals surface area contributed by atoms with Gasteiger partial charge in [0.25, 0.3) is 5.91 Å². The molecule has 192 valence electrons. The van der Waals surface area contributed by atoms with Crippen LogP contribution in [0.1, 0.15) is 28.5 Å². The first-order chi connectivity index (χ1) is 17.8. The number of aryl methyl sites for hydroxylation is 1. The van der Waals surface area contributed by atoms with Crippen molar-refractivity contribution in [3.8, 4) is 11.5 Å². The van der Waals surface area contributed by atoms with Crippen LogP contribution in [0.3, 0.4) is 0 Å². The van der Waals surface area contributed by atoms with Crippen LogP contribution < -0.4 is 19.7 Å². The summed E-state index contributed by atoms with van der Waals surface area (Å²) in [7, 11) is 6.72. The van der Waals surface area contributed by atoms with Gasteiger partial charge in [-0.25, -0.2) is 9.78 Å². The fourth-order valence-corrected chi connectivity index (χ4v) is 3.99. The monoisotopic (exact) mass is 501 g/mol. The van der Waals surface area contributed by atoms with E-state index in [1.165, 1.54) is 4.90 Å². The third kappa shape index (κ3) is 5.35. The number of hydrogen-bond donors (Lipinski definition) is 1. The molecule has 0 bridgehead atoms. The van der Waals surface area contributed by atoms with Crippen molar-refractivity contribution in [3.63, 3.8) is 0 Å². The second-order valence-corrected chi connectivity index (χ2v) is 8.68. The fraction of sp³-hybridized carbons (Fsp3) is 0.250. The van der Waals surface area contributed by atoms with Gasteiger partial charge in [-0.1, -0.05) is 31.2 Å². The Labute approximate surface area is 216 Å². The Morgan fingerprint density at radius 1 is 0.973 bits per heavy atom. The molecule has 0 fully saturated rings. The van der Waals surface area contributed by atoms with Gasteiger partial charge in [-0.2, -0.15) is 0 Å². The van der Waals surface area contributed by atoms with E-state index in [4.69, 9.17) is 14.5 Å². The largest absolute Gasteiger partial charge is 0.495 e. The highest BCUT2D eigenvalue weighted by Crippen LogP contribution is 2.30. The number of nitrogens with zero attached hydrogens (tertiary/aromatic N) is 4. The van der Waals surface area contributed by atoms with Crippen LogP contribution in [-0.2, 0) is 13.0 Å². The van der Waals surface area contributed by atoms with Crippen LogP contribution >= 0.6 is 0 Å². The molecule has 2 aromatic heterocycles. The van der Waals surface area contributed by atoms with Crippen LogP contribution in [-0.4, -0.2) is 54.5 Å². The summed E-state index contributed by atoms with van der Waals surface area (Å²) < 4.78 is 13.3. The number of nitrogens with one attached hydrogen (secondary N) is 1. The minimum absolute atomic E-state index is 0.0480. The Bertz CT molecular complexity index is 1410. The summed E-state index contributed by atoms with van der Waals surface area (Å²) in [5.41, 5.74) is 3.51. The molecule has 3 amide bonds. The molecule has 0 aliphatic carbocycles. The quantitative estimate of drug-likeness (QED) is 0.373. The van der Waals surface area contributed by atoms with Crippen molar-refractivity contribution in [2.45, 2.75) is 20.0 Å². The molecule has 37 heavy (non-hydrogen) atoms. The van der Waals surface area contributed by atoms with E-state index < -0.39 is 0 Å². The molecule has 0 aliphatic heterocycles. The second kappa shape index (κ2) is 11.0. The molecule has 1 N–H and O–H groups in total. The van der Waals surface area contributed by atoms with Crippen LogP contribution in [0.4, 0.5) is 16.3 Å². The predicted octanol–water partition coefficient (Wildman–Crippen LogP) is 4.85. The topological polar surface area (TPSA) is 88.4 Å². The lowest BCUT2D eigenvalue weighted by Gasteiger charge is -2.20. The van der Waals surface area contributed by atoms with E-state index in [9.17, 15) is 9.59 Å². The Hall–Kier alpha value is -4.53. The highest BCUT2D eigenvalue weighted by Gasteiger charge is 2.22. The molecule has 0 radical (unpaired) electrons. The maximum Gasteiger partial charge on any atom is 0.327 e. The first-order valence-corrected chi connectivity index (χ1v) is 11.9. The maximum absolute atomic E-state index is 13.2. The van der Waals surface area contributed by atoms with Gasteiger partial charge in [0.1, 0.15) is 18.2 Å². The number of rotatable bonds is 8. The summed E-state index contributed by atoms with van der Waals surface area (Å²) in [6, 6.07) is 18.0. The van der Waals surface area contributed by atoms with E-state index in [0.717, 1.165) is 11.3 Å². The van der Waals surface area contributed by atoms with Crippen LogP contribution in [0.15, 0.2) is 66.9 Å². The van der Waals surface area contributed by atoms with Crippen LogP contribution in [0.5, 0.6) is 11.5 Å². The van der Waals surface area contributed by atoms with E-state index >= 15 is 0 Å². The molecule has 9 nitrogen and oxygen atoms in total. The number of anilines is 2. The zero-order valence-corrected chi connectivity index (χ0v) is 21.7. The first kappa shape index (κ1) is 25.6. The number of imidazole rings is 1. The third-order valence-electron chi connectivity index (χ3n) is 5.97. The molecule has 9 heteroatoms. The molecule has 2 heterocycles. The number of benzene rings is 2. The highest BCUT2D eigenvalue weighted by molar-refractivity contribution is 6.02. The van der Waals surface area contributed by atoms with Gasteiger partial charge < -0.3 is 19.7 Å². The predicted molar refractivity (Wildman–Crippen MR) is 144 cm³/mol. The molecule has 0 atom stereocenters. The average molecular weight is 502 g/mol. The van der Waals surface area contributed by atoms with Crippen molar-refractivity contribution in [3.05, 3.63) is 83.7 Å². The van der Waals surface area contributed by atoms with Crippen molar-refractivity contribution >= 4 is 29.1 Å². The molecule has 4 rings (SSSR count). The second-order valence-electron chi connectivity index (χ2n) is 8.68. The number of ether oxygens (including phenoxy) is 2. The Morgan fingerprint density at radius 3 is 2.35 bits per heavy atom. The van der Waals surface area contributed by atoms with E-state index in [1.54, 1.807) is 57.4 Å². The average Bonchev–Trinajstić information content (AvgIpc) is 3.30. The summed E-state index contributed by atoms with van der Waals surface area (Å²) in [6.07, 6.45) is 2.49. The van der Waals surface area contributed by atoms with Gasteiger partial charge in [-0.15, -0.1) is 0 Å². The number of methoxy groups -OCH3 is 1. The number of urea groups is 1. The molecule has 2 aromatic carbocycles. The van der Waals surface area contributed by atoms with Crippen molar-refractivity contribution in [2.24, 2.45) is 0 Å². The number of aromatic nitrogens is 2. The van der Waals surface area contributed by atoms with Crippen molar-refractivity contribution in [2.75, 3.05) is 38.5 Å². The van der Waals surface area contributed by atoms with E-state index in [-0.39, 0.29) is 11.9 Å². The molecular formula is C28H31N5O4. The molecule has 0 unspecified atom stereocenters. The first-order valence-electron chi connectivity index (χ1n) is 11.9. The summed E-state index contributed by atoms with van der Waals surface area (Å²) in [5.74, 6) is 1.78. The van der Waals surface area contributed by atoms with Gasteiger partial charge in [-0.3, -0.25) is 14.1 Å². The Morgan fingerprint density at radius 2 is 1.68 bits per heavy atom. The minimum atomic E-state index is -0.320.